The summed E-state index contributed by atoms with van der Waals surface area (Å²) in [5.41, 5.74) is -2.43. The molecule has 0 saturated carbocycles. The summed E-state index contributed by atoms with van der Waals surface area (Å²) in [4.78, 5) is 33.0. The van der Waals surface area contributed by atoms with Gasteiger partial charge in [-0.15, -0.1) is 0 Å². The van der Waals surface area contributed by atoms with Crippen LogP contribution in [0.2, 0.25) is 0 Å². The summed E-state index contributed by atoms with van der Waals surface area (Å²) in [5.74, 6) is -0.135. The molecule has 1 N–H and O–H groups in total. The van der Waals surface area contributed by atoms with Gasteiger partial charge < -0.3 is 24.0 Å². The minimum absolute atomic E-state index is 0.0354. The Morgan fingerprint density at radius 2 is 1.92 bits per heavy atom. The molecule has 38 heavy (non-hydrogen) atoms. The molecule has 14 heteroatoms. The molecule has 0 spiro atoms. The van der Waals surface area contributed by atoms with Crippen LogP contribution in [0.4, 0.5) is 19.0 Å². The van der Waals surface area contributed by atoms with Crippen molar-refractivity contribution < 1.29 is 32.2 Å². The molecular weight excluding hydrogens is 509 g/mol. The molecule has 4 rings (SSSR count). The van der Waals surface area contributed by atoms with Gasteiger partial charge in [0.25, 0.3) is 11.5 Å². The number of likely N-dealkylation sites (tertiary alicyclic amines) is 1. The average molecular weight is 537 g/mol. The van der Waals surface area contributed by atoms with Gasteiger partial charge in [0.05, 0.1) is 25.0 Å². The SMILES string of the molecule is COCC(COC1CCN(C2CCN(c3ccc(C#N)cn3)CC2)C1=O)Oc1cn[nH]c(=O)c1C(F)(F)F. The van der Waals surface area contributed by atoms with Gasteiger partial charge in [-0.1, -0.05) is 0 Å². The number of halogens is 3. The van der Waals surface area contributed by atoms with Crippen molar-refractivity contribution in [1.82, 2.24) is 20.1 Å². The zero-order valence-electron chi connectivity index (χ0n) is 20.6. The highest BCUT2D eigenvalue weighted by Gasteiger charge is 2.40. The molecule has 2 saturated heterocycles. The van der Waals surface area contributed by atoms with Crippen molar-refractivity contribution in [3.63, 3.8) is 0 Å². The average Bonchev–Trinajstić information content (AvgIpc) is 3.27. The van der Waals surface area contributed by atoms with Crippen molar-refractivity contribution >= 4 is 11.7 Å². The standard InChI is InChI=1S/C24H27F3N6O5/c1-36-13-17(38-19-12-30-31-22(34)21(19)24(25,26)27)14-37-18-6-9-33(23(18)35)16-4-7-32(8-5-16)20-3-2-15(10-28)11-29-20/h2-3,11-12,16-18H,4-9,13-14H2,1H3,(H,31,34). The second kappa shape index (κ2) is 11.8. The third-order valence-corrected chi connectivity index (χ3v) is 6.53. The molecule has 2 aromatic heterocycles. The molecule has 204 valence electrons. The Balaban J connectivity index is 1.32. The van der Waals surface area contributed by atoms with Crippen LogP contribution in [0.15, 0.2) is 29.3 Å². The number of nitriles is 1. The van der Waals surface area contributed by atoms with E-state index in [4.69, 9.17) is 19.5 Å². The largest absolute Gasteiger partial charge is 0.483 e. The number of H-pyrrole nitrogens is 1. The van der Waals surface area contributed by atoms with Gasteiger partial charge in [0.2, 0.25) is 0 Å². The molecule has 2 atom stereocenters. The lowest BCUT2D eigenvalue weighted by molar-refractivity contribution is -0.142. The number of amides is 1. The summed E-state index contributed by atoms with van der Waals surface area (Å²) in [6.45, 7) is 1.57. The number of ether oxygens (including phenoxy) is 3. The van der Waals surface area contributed by atoms with Crippen LogP contribution >= 0.6 is 0 Å². The number of carbonyl (C=O) groups is 1. The Labute approximate surface area is 216 Å². The zero-order chi connectivity index (χ0) is 27.3. The van der Waals surface area contributed by atoms with Crippen molar-refractivity contribution in [3.05, 3.63) is 46.0 Å². The number of hydrogen-bond donors (Lipinski definition) is 1. The summed E-state index contributed by atoms with van der Waals surface area (Å²) >= 11 is 0. The van der Waals surface area contributed by atoms with Gasteiger partial charge in [0.15, 0.2) is 11.3 Å². The first-order valence-electron chi connectivity index (χ1n) is 12.0. The number of nitrogens with zero attached hydrogens (tertiary/aromatic N) is 5. The third-order valence-electron chi connectivity index (χ3n) is 6.53. The molecule has 4 heterocycles. The van der Waals surface area contributed by atoms with E-state index < -0.39 is 35.3 Å². The highest BCUT2D eigenvalue weighted by atomic mass is 19.4. The predicted octanol–water partition coefficient (Wildman–Crippen LogP) is 1.74. The number of pyridine rings is 1. The molecule has 0 aromatic carbocycles. The summed E-state index contributed by atoms with van der Waals surface area (Å²) in [6.07, 6.45) is -2.48. The Hall–Kier alpha value is -3.70. The molecule has 1 amide bonds. The minimum Gasteiger partial charge on any atom is -0.483 e. The first kappa shape index (κ1) is 27.3. The first-order chi connectivity index (χ1) is 18.2. The lowest BCUT2D eigenvalue weighted by atomic mass is 10.0. The van der Waals surface area contributed by atoms with Gasteiger partial charge in [0.1, 0.15) is 24.1 Å². The van der Waals surface area contributed by atoms with Crippen molar-refractivity contribution in [2.45, 2.75) is 43.7 Å². The number of aromatic amines is 1. The van der Waals surface area contributed by atoms with Gasteiger partial charge in [-0.3, -0.25) is 9.59 Å². The number of piperidine rings is 1. The second-order valence-corrected chi connectivity index (χ2v) is 9.01. The molecule has 0 aliphatic carbocycles. The second-order valence-electron chi connectivity index (χ2n) is 9.01. The van der Waals surface area contributed by atoms with E-state index in [1.54, 1.807) is 16.1 Å². The smallest absolute Gasteiger partial charge is 0.425 e. The lowest BCUT2D eigenvalue weighted by Crippen LogP contribution is -2.47. The molecule has 2 fully saturated rings. The maximum Gasteiger partial charge on any atom is 0.425 e. The van der Waals surface area contributed by atoms with Gasteiger partial charge in [-0.25, -0.2) is 10.1 Å². The van der Waals surface area contributed by atoms with Gasteiger partial charge in [-0.2, -0.15) is 23.5 Å². The fraction of sp³-hybridized carbons (Fsp3) is 0.542. The first-order valence-corrected chi connectivity index (χ1v) is 12.0. The predicted molar refractivity (Wildman–Crippen MR) is 126 cm³/mol. The van der Waals surface area contributed by atoms with E-state index in [2.05, 4.69) is 15.0 Å². The van der Waals surface area contributed by atoms with E-state index in [0.29, 0.717) is 31.6 Å². The van der Waals surface area contributed by atoms with Crippen LogP contribution < -0.4 is 15.2 Å². The molecule has 2 aromatic rings. The van der Waals surface area contributed by atoms with Gasteiger partial charge in [-0.05, 0) is 25.0 Å². The minimum atomic E-state index is -4.95. The van der Waals surface area contributed by atoms with Crippen LogP contribution in [0.3, 0.4) is 0 Å². The summed E-state index contributed by atoms with van der Waals surface area (Å²) in [5, 5.41) is 14.1. The molecule has 0 bridgehead atoms. The Morgan fingerprint density at radius 3 is 2.55 bits per heavy atom. The van der Waals surface area contributed by atoms with E-state index >= 15 is 0 Å². The topological polar surface area (TPSA) is 134 Å². The number of hydrogen-bond acceptors (Lipinski definition) is 9. The van der Waals surface area contributed by atoms with Crippen molar-refractivity contribution in [1.29, 1.82) is 5.26 Å². The Kier molecular flexibility index (Phi) is 8.48. The van der Waals surface area contributed by atoms with E-state index in [9.17, 15) is 22.8 Å². The van der Waals surface area contributed by atoms with Crippen molar-refractivity contribution in [2.24, 2.45) is 0 Å². The fourth-order valence-corrected chi connectivity index (χ4v) is 4.68. The summed E-state index contributed by atoms with van der Waals surface area (Å²) < 4.78 is 56.2. The maximum absolute atomic E-state index is 13.3. The highest BCUT2D eigenvalue weighted by Crippen LogP contribution is 2.33. The monoisotopic (exact) mass is 536 g/mol. The zero-order valence-corrected chi connectivity index (χ0v) is 20.6. The Morgan fingerprint density at radius 1 is 1.16 bits per heavy atom. The summed E-state index contributed by atoms with van der Waals surface area (Å²) in [7, 11) is 1.35. The summed E-state index contributed by atoms with van der Waals surface area (Å²) in [6, 6.07) is 5.61. The molecule has 2 aliphatic heterocycles. The van der Waals surface area contributed by atoms with E-state index in [1.807, 2.05) is 12.1 Å². The van der Waals surface area contributed by atoms with Crippen LogP contribution in [-0.4, -0.2) is 84.2 Å². The molecule has 0 radical (unpaired) electrons. The third kappa shape index (κ3) is 6.22. The van der Waals surface area contributed by atoms with Crippen LogP contribution in [0.5, 0.6) is 5.75 Å². The van der Waals surface area contributed by atoms with Crippen molar-refractivity contribution in [3.8, 4) is 11.8 Å². The van der Waals surface area contributed by atoms with Crippen LogP contribution in [-0.2, 0) is 20.4 Å². The van der Waals surface area contributed by atoms with Gasteiger partial charge >= 0.3 is 6.18 Å². The highest BCUT2D eigenvalue weighted by molar-refractivity contribution is 5.83. The molecular formula is C24H27F3N6O5. The number of anilines is 1. The van der Waals surface area contributed by atoms with E-state index in [0.717, 1.165) is 24.9 Å². The van der Waals surface area contributed by atoms with Gasteiger partial charge in [0, 0.05) is 45.4 Å². The fourth-order valence-electron chi connectivity index (χ4n) is 4.68. The number of alkyl halides is 3. The number of methoxy groups -OCH3 is 1. The normalized spacial score (nSPS) is 19.4. The Bertz CT molecular complexity index is 1210. The van der Waals surface area contributed by atoms with Crippen LogP contribution in [0, 0.1) is 11.3 Å². The maximum atomic E-state index is 13.3. The number of rotatable bonds is 9. The molecule has 2 unspecified atom stereocenters. The van der Waals surface area contributed by atoms with E-state index in [1.165, 1.54) is 13.3 Å². The van der Waals surface area contributed by atoms with Crippen LogP contribution in [0.1, 0.15) is 30.4 Å². The number of aromatic nitrogens is 3. The number of nitrogens with one attached hydrogen (secondary N) is 1. The molecule has 11 nitrogen and oxygen atoms in total. The van der Waals surface area contributed by atoms with Crippen LogP contribution in [0.25, 0.3) is 0 Å². The lowest BCUT2D eigenvalue weighted by Gasteiger charge is -2.37. The molecule has 2 aliphatic rings. The quantitative estimate of drug-likeness (QED) is 0.509. The van der Waals surface area contributed by atoms with E-state index in [-0.39, 0.29) is 25.2 Å². The van der Waals surface area contributed by atoms with Crippen molar-refractivity contribution in [2.75, 3.05) is 44.9 Å². The number of carbonyl (C=O) groups excluding carboxylic acids is 1.